The Morgan fingerprint density at radius 2 is 1.68 bits per heavy atom. The highest BCUT2D eigenvalue weighted by atomic mass is 35.5. The molecule has 1 N–H and O–H groups in total. The van der Waals surface area contributed by atoms with Crippen LogP contribution in [-0.2, 0) is 12.7 Å². The van der Waals surface area contributed by atoms with E-state index in [4.69, 9.17) is 23.2 Å². The average Bonchev–Trinajstić information content (AvgIpc) is 2.98. The van der Waals surface area contributed by atoms with Gasteiger partial charge in [0.1, 0.15) is 11.4 Å². The average molecular weight is 513 g/mol. The Labute approximate surface area is 206 Å². The normalized spacial score (nSPS) is 12.2. The van der Waals surface area contributed by atoms with Gasteiger partial charge in [0.15, 0.2) is 0 Å². The van der Waals surface area contributed by atoms with E-state index in [1.165, 1.54) is 32.7 Å². The summed E-state index contributed by atoms with van der Waals surface area (Å²) in [5.74, 6) is -0.646. The van der Waals surface area contributed by atoms with Gasteiger partial charge in [-0.1, -0.05) is 47.5 Å². The zero-order valence-electron chi connectivity index (χ0n) is 19.2. The second-order valence-electron chi connectivity index (χ2n) is 8.89. The number of aromatic nitrogens is 1. The summed E-state index contributed by atoms with van der Waals surface area (Å²) in [6.07, 6.45) is -4.73. The first kappa shape index (κ1) is 26.1. The van der Waals surface area contributed by atoms with Crippen LogP contribution in [0.15, 0.2) is 48.5 Å². The molecule has 1 heterocycles. The highest BCUT2D eigenvalue weighted by Crippen LogP contribution is 2.42. The Balaban J connectivity index is 2.33. The van der Waals surface area contributed by atoms with E-state index >= 15 is 0 Å². The van der Waals surface area contributed by atoms with Gasteiger partial charge < -0.3 is 14.6 Å². The predicted molar refractivity (Wildman–Crippen MR) is 128 cm³/mol. The molecular weight excluding hydrogens is 488 g/mol. The first-order valence-corrected chi connectivity index (χ1v) is 11.2. The third-order valence-corrected chi connectivity index (χ3v) is 5.80. The number of carbonyl (C=O) groups is 1. The molecule has 2 aromatic carbocycles. The van der Waals surface area contributed by atoms with Crippen molar-refractivity contribution >= 4 is 29.1 Å². The maximum Gasteiger partial charge on any atom is 0.431 e. The summed E-state index contributed by atoms with van der Waals surface area (Å²) >= 11 is 12.1. The first-order valence-electron chi connectivity index (χ1n) is 10.5. The molecule has 3 aromatic rings. The molecule has 1 amide bonds. The second-order valence-corrected chi connectivity index (χ2v) is 9.76. The molecule has 0 bridgehead atoms. The topological polar surface area (TPSA) is 45.5 Å². The third kappa shape index (κ3) is 5.77. The number of carbonyl (C=O) groups excluding carboxylic acids is 1. The van der Waals surface area contributed by atoms with Gasteiger partial charge in [-0.2, -0.15) is 13.2 Å². The maximum atomic E-state index is 14.4. The highest BCUT2D eigenvalue weighted by Gasteiger charge is 2.41. The molecule has 0 spiro atoms. The molecule has 182 valence electrons. The third-order valence-electron chi connectivity index (χ3n) is 5.31. The molecule has 0 unspecified atom stereocenters. The number of rotatable bonds is 6. The van der Waals surface area contributed by atoms with Crippen LogP contribution in [0.5, 0.6) is 0 Å². The molecule has 3 rings (SSSR count). The van der Waals surface area contributed by atoms with Gasteiger partial charge in [-0.15, -0.1) is 0 Å². The Kier molecular flexibility index (Phi) is 7.41. The Morgan fingerprint density at radius 1 is 1.06 bits per heavy atom. The van der Waals surface area contributed by atoms with Crippen LogP contribution >= 0.6 is 23.2 Å². The number of halogens is 5. The number of alkyl halides is 3. The molecule has 0 radical (unpaired) electrons. The smallest absolute Gasteiger partial charge is 0.389 e. The minimum atomic E-state index is -4.73. The minimum Gasteiger partial charge on any atom is -0.389 e. The molecule has 0 aliphatic rings. The van der Waals surface area contributed by atoms with E-state index in [-0.39, 0.29) is 29.9 Å². The quantitative estimate of drug-likeness (QED) is 0.400. The van der Waals surface area contributed by atoms with Gasteiger partial charge >= 0.3 is 6.18 Å². The van der Waals surface area contributed by atoms with Crippen LogP contribution < -0.4 is 0 Å². The van der Waals surface area contributed by atoms with Gasteiger partial charge in [0.25, 0.3) is 5.91 Å². The molecule has 0 aliphatic heterocycles. The molecule has 0 fully saturated rings. The van der Waals surface area contributed by atoms with Crippen molar-refractivity contribution in [3.63, 3.8) is 0 Å². The van der Waals surface area contributed by atoms with Gasteiger partial charge in [-0.05, 0) is 61.7 Å². The van der Waals surface area contributed by atoms with E-state index in [9.17, 15) is 23.1 Å². The van der Waals surface area contributed by atoms with Gasteiger partial charge in [0.05, 0.1) is 5.60 Å². The number of likely N-dealkylation sites (N-methyl/N-ethyl adjacent to an activating group) is 1. The monoisotopic (exact) mass is 512 g/mol. The van der Waals surface area contributed by atoms with E-state index in [1.54, 1.807) is 48.5 Å². The highest BCUT2D eigenvalue weighted by molar-refractivity contribution is 6.30. The summed E-state index contributed by atoms with van der Waals surface area (Å²) in [6, 6.07) is 12.8. The second kappa shape index (κ2) is 9.64. The number of benzene rings is 2. The SMILES string of the molecule is Cc1c(-c2ccc(Cl)cc2)c(C(=O)N(C)CC(C)(C)O)n(Cc2cccc(Cl)c2)c1C(F)(F)F. The predicted octanol–water partition coefficient (Wildman–Crippen LogP) is 6.68. The zero-order chi connectivity index (χ0) is 25.4. The number of aliphatic hydroxyl groups is 1. The van der Waals surface area contributed by atoms with Crippen molar-refractivity contribution in [1.29, 1.82) is 0 Å². The maximum absolute atomic E-state index is 14.4. The van der Waals surface area contributed by atoms with Crippen molar-refractivity contribution in [2.45, 2.75) is 39.1 Å². The summed E-state index contributed by atoms with van der Waals surface area (Å²) in [7, 11) is 1.45. The standard InChI is InChI=1S/C25H25Cl2F3N2O2/c1-15-20(17-8-10-18(26)11-9-17)21(23(33)31(4)14-24(2,3)34)32(22(15)25(28,29)30)13-16-6-5-7-19(27)12-16/h5-12,34H,13-14H2,1-4H3. The molecule has 0 atom stereocenters. The van der Waals surface area contributed by atoms with Gasteiger partial charge in [0.2, 0.25) is 0 Å². The van der Waals surface area contributed by atoms with Crippen molar-refractivity contribution in [1.82, 2.24) is 9.47 Å². The van der Waals surface area contributed by atoms with Crippen LogP contribution in [0.4, 0.5) is 13.2 Å². The fourth-order valence-corrected chi connectivity index (χ4v) is 4.45. The van der Waals surface area contributed by atoms with Crippen molar-refractivity contribution in [2.24, 2.45) is 0 Å². The zero-order valence-corrected chi connectivity index (χ0v) is 20.7. The lowest BCUT2D eigenvalue weighted by Gasteiger charge is -2.27. The Bertz CT molecular complexity index is 1200. The Hall–Kier alpha value is -2.48. The van der Waals surface area contributed by atoms with E-state index in [0.717, 1.165) is 4.57 Å². The summed E-state index contributed by atoms with van der Waals surface area (Å²) in [4.78, 5) is 14.9. The van der Waals surface area contributed by atoms with Crippen molar-refractivity contribution in [3.8, 4) is 11.1 Å². The molecule has 0 saturated carbocycles. The van der Waals surface area contributed by atoms with E-state index in [1.807, 2.05) is 0 Å². The van der Waals surface area contributed by atoms with Crippen LogP contribution in [-0.4, -0.2) is 39.7 Å². The minimum absolute atomic E-state index is 0.0724. The van der Waals surface area contributed by atoms with Crippen LogP contribution in [0, 0.1) is 6.92 Å². The van der Waals surface area contributed by atoms with Crippen LogP contribution in [0.3, 0.4) is 0 Å². The van der Waals surface area contributed by atoms with Gasteiger partial charge in [-0.3, -0.25) is 4.79 Å². The fraction of sp³-hybridized carbons (Fsp3) is 0.320. The van der Waals surface area contributed by atoms with Gasteiger partial charge in [0, 0.05) is 35.7 Å². The van der Waals surface area contributed by atoms with Crippen LogP contribution in [0.2, 0.25) is 10.0 Å². The number of hydrogen-bond acceptors (Lipinski definition) is 2. The van der Waals surface area contributed by atoms with Crippen molar-refractivity contribution < 1.29 is 23.1 Å². The molecular formula is C25H25Cl2F3N2O2. The molecule has 0 saturated heterocycles. The van der Waals surface area contributed by atoms with E-state index in [0.29, 0.717) is 21.2 Å². The molecule has 1 aromatic heterocycles. The molecule has 0 aliphatic carbocycles. The summed E-state index contributed by atoms with van der Waals surface area (Å²) in [5, 5.41) is 11.0. The summed E-state index contributed by atoms with van der Waals surface area (Å²) in [5.41, 5.74) is -1.25. The largest absolute Gasteiger partial charge is 0.431 e. The lowest BCUT2D eigenvalue weighted by Crippen LogP contribution is -2.40. The Morgan fingerprint density at radius 3 is 2.21 bits per heavy atom. The number of hydrogen-bond donors (Lipinski definition) is 1. The lowest BCUT2D eigenvalue weighted by molar-refractivity contribution is -0.143. The van der Waals surface area contributed by atoms with Crippen molar-refractivity contribution in [2.75, 3.05) is 13.6 Å². The lowest BCUT2D eigenvalue weighted by atomic mass is 10.00. The van der Waals surface area contributed by atoms with Crippen LogP contribution in [0.25, 0.3) is 11.1 Å². The van der Waals surface area contributed by atoms with Gasteiger partial charge in [-0.25, -0.2) is 0 Å². The van der Waals surface area contributed by atoms with E-state index in [2.05, 4.69) is 0 Å². The molecule has 34 heavy (non-hydrogen) atoms. The van der Waals surface area contributed by atoms with E-state index < -0.39 is 23.4 Å². The molecule has 4 nitrogen and oxygen atoms in total. The fourth-order valence-electron chi connectivity index (χ4n) is 4.11. The van der Waals surface area contributed by atoms with Crippen LogP contribution in [0.1, 0.15) is 41.2 Å². The first-order chi connectivity index (χ1) is 15.7. The summed E-state index contributed by atoms with van der Waals surface area (Å²) in [6.45, 7) is 4.10. The molecule has 9 heteroatoms. The number of amides is 1. The number of nitrogens with zero attached hydrogens (tertiary/aromatic N) is 2. The van der Waals surface area contributed by atoms with Crippen molar-refractivity contribution in [3.05, 3.63) is 81.1 Å². The summed E-state index contributed by atoms with van der Waals surface area (Å²) < 4.78 is 44.1.